The number of hydrogen-bond acceptors (Lipinski definition) is 4. The Labute approximate surface area is 87.3 Å². The minimum atomic E-state index is -0.846. The van der Waals surface area contributed by atoms with E-state index in [2.05, 4.69) is 5.10 Å². The fourth-order valence-corrected chi connectivity index (χ4v) is 1.13. The second-order valence-corrected chi connectivity index (χ2v) is 3.42. The summed E-state index contributed by atoms with van der Waals surface area (Å²) in [6.45, 7) is 1.54. The fraction of sp³-hybridized carbons (Fsp3) is 0.556. The fourth-order valence-electron chi connectivity index (χ4n) is 1.13. The molecule has 0 saturated carbocycles. The minimum absolute atomic E-state index is 0.196. The first-order chi connectivity index (χ1) is 7.04. The topological polar surface area (TPSA) is 101 Å². The van der Waals surface area contributed by atoms with E-state index in [4.69, 9.17) is 15.9 Å². The van der Waals surface area contributed by atoms with Crippen LogP contribution in [0.3, 0.4) is 0 Å². The van der Waals surface area contributed by atoms with Gasteiger partial charge in [0.15, 0.2) is 0 Å². The molecule has 0 bridgehead atoms. The van der Waals surface area contributed by atoms with Crippen LogP contribution in [0, 0.1) is 0 Å². The van der Waals surface area contributed by atoms with Crippen LogP contribution in [0.2, 0.25) is 0 Å². The maximum atomic E-state index is 10.9. The molecule has 0 aliphatic rings. The van der Waals surface area contributed by atoms with Gasteiger partial charge in [0.05, 0.1) is 30.9 Å². The summed E-state index contributed by atoms with van der Waals surface area (Å²) < 4.78 is 1.47. The molecule has 1 rings (SSSR count). The zero-order valence-corrected chi connectivity index (χ0v) is 8.50. The third-order valence-electron chi connectivity index (χ3n) is 2.14. The van der Waals surface area contributed by atoms with Gasteiger partial charge in [-0.3, -0.25) is 9.48 Å². The van der Waals surface area contributed by atoms with Crippen LogP contribution in [0.25, 0.3) is 0 Å². The molecule has 84 valence electrons. The number of aliphatic hydroxyl groups is 2. The van der Waals surface area contributed by atoms with Gasteiger partial charge in [0.1, 0.15) is 0 Å². The van der Waals surface area contributed by atoms with Crippen molar-refractivity contribution in [3.63, 3.8) is 0 Å². The highest BCUT2D eigenvalue weighted by Crippen LogP contribution is 2.11. The lowest BCUT2D eigenvalue weighted by atomic mass is 10.1. The molecule has 1 amide bonds. The van der Waals surface area contributed by atoms with E-state index in [0.717, 1.165) is 0 Å². The van der Waals surface area contributed by atoms with Crippen molar-refractivity contribution in [3.05, 3.63) is 18.0 Å². The molecular formula is C9H15N3O3. The molecule has 0 aliphatic carbocycles. The van der Waals surface area contributed by atoms with Crippen LogP contribution in [-0.4, -0.2) is 38.6 Å². The summed E-state index contributed by atoms with van der Waals surface area (Å²) in [7, 11) is 0. The third kappa shape index (κ3) is 3.03. The quantitative estimate of drug-likeness (QED) is 0.573. The smallest absolute Gasteiger partial charge is 0.226 e. The van der Waals surface area contributed by atoms with Gasteiger partial charge in [-0.25, -0.2) is 0 Å². The SMILES string of the molecule is CC(C(N)=O)c1ccn(C[C@@H](O)CO)n1. The van der Waals surface area contributed by atoms with Crippen molar-refractivity contribution in [1.82, 2.24) is 9.78 Å². The Morgan fingerprint density at radius 2 is 2.40 bits per heavy atom. The summed E-state index contributed by atoms with van der Waals surface area (Å²) in [5.41, 5.74) is 5.69. The summed E-state index contributed by atoms with van der Waals surface area (Å²) in [5.74, 6) is -0.888. The predicted octanol–water partition coefficient (Wildman–Crippen LogP) is -1.17. The molecule has 1 aromatic heterocycles. The molecule has 0 radical (unpaired) electrons. The van der Waals surface area contributed by atoms with E-state index in [1.165, 1.54) is 4.68 Å². The summed E-state index contributed by atoms with van der Waals surface area (Å²) >= 11 is 0. The Morgan fingerprint density at radius 1 is 1.73 bits per heavy atom. The molecule has 0 aliphatic heterocycles. The number of hydrogen-bond donors (Lipinski definition) is 3. The monoisotopic (exact) mass is 213 g/mol. The van der Waals surface area contributed by atoms with Crippen LogP contribution in [0.5, 0.6) is 0 Å². The number of rotatable bonds is 5. The second kappa shape index (κ2) is 4.90. The Hall–Kier alpha value is -1.40. The number of carbonyl (C=O) groups excluding carboxylic acids is 1. The maximum absolute atomic E-state index is 10.9. The van der Waals surface area contributed by atoms with Crippen molar-refractivity contribution < 1.29 is 15.0 Å². The number of aliphatic hydroxyl groups excluding tert-OH is 2. The zero-order valence-electron chi connectivity index (χ0n) is 8.50. The van der Waals surface area contributed by atoms with Gasteiger partial charge in [0.25, 0.3) is 0 Å². The van der Waals surface area contributed by atoms with Gasteiger partial charge in [-0.15, -0.1) is 0 Å². The molecule has 1 unspecified atom stereocenters. The van der Waals surface area contributed by atoms with Gasteiger partial charge in [-0.2, -0.15) is 5.10 Å². The Kier molecular flexibility index (Phi) is 3.81. The van der Waals surface area contributed by atoms with Gasteiger partial charge in [-0.05, 0) is 13.0 Å². The molecule has 0 aromatic carbocycles. The first kappa shape index (κ1) is 11.7. The van der Waals surface area contributed by atoms with E-state index in [1.54, 1.807) is 19.2 Å². The molecule has 0 saturated heterocycles. The Morgan fingerprint density at radius 3 is 2.93 bits per heavy atom. The lowest BCUT2D eigenvalue weighted by molar-refractivity contribution is -0.119. The highest BCUT2D eigenvalue weighted by molar-refractivity contribution is 5.80. The molecule has 1 heterocycles. The van der Waals surface area contributed by atoms with E-state index < -0.39 is 17.9 Å². The van der Waals surface area contributed by atoms with Gasteiger partial charge in [0.2, 0.25) is 5.91 Å². The standard InChI is InChI=1S/C9H15N3O3/c1-6(9(10)15)8-2-3-12(11-8)4-7(14)5-13/h2-3,6-7,13-14H,4-5H2,1H3,(H2,10,15)/t6?,7-/m1/s1. The maximum Gasteiger partial charge on any atom is 0.226 e. The predicted molar refractivity (Wildman–Crippen MR) is 52.9 cm³/mol. The number of aromatic nitrogens is 2. The minimum Gasteiger partial charge on any atom is -0.394 e. The third-order valence-corrected chi connectivity index (χ3v) is 2.14. The Balaban J connectivity index is 2.68. The van der Waals surface area contributed by atoms with Gasteiger partial charge < -0.3 is 15.9 Å². The molecule has 2 atom stereocenters. The molecule has 0 spiro atoms. The molecule has 4 N–H and O–H groups in total. The summed E-state index contributed by atoms with van der Waals surface area (Å²) in [6.07, 6.45) is 0.787. The molecule has 0 fully saturated rings. The number of primary amides is 1. The number of nitrogens with zero attached hydrogens (tertiary/aromatic N) is 2. The van der Waals surface area contributed by atoms with Gasteiger partial charge >= 0.3 is 0 Å². The number of carbonyl (C=O) groups is 1. The molecule has 1 aromatic rings. The van der Waals surface area contributed by atoms with Crippen LogP contribution in [0.15, 0.2) is 12.3 Å². The largest absolute Gasteiger partial charge is 0.394 e. The van der Waals surface area contributed by atoms with Crippen LogP contribution in [-0.2, 0) is 11.3 Å². The highest BCUT2D eigenvalue weighted by Gasteiger charge is 2.15. The van der Waals surface area contributed by atoms with Crippen LogP contribution < -0.4 is 5.73 Å². The van der Waals surface area contributed by atoms with E-state index in [1.807, 2.05) is 0 Å². The van der Waals surface area contributed by atoms with Crippen molar-refractivity contribution in [3.8, 4) is 0 Å². The van der Waals surface area contributed by atoms with E-state index in [9.17, 15) is 4.79 Å². The van der Waals surface area contributed by atoms with Crippen molar-refractivity contribution >= 4 is 5.91 Å². The van der Waals surface area contributed by atoms with Gasteiger partial charge in [-0.1, -0.05) is 0 Å². The molecule has 6 nitrogen and oxygen atoms in total. The molecule has 6 heteroatoms. The van der Waals surface area contributed by atoms with Crippen LogP contribution >= 0.6 is 0 Å². The van der Waals surface area contributed by atoms with E-state index >= 15 is 0 Å². The Bertz CT molecular complexity index is 337. The lowest BCUT2D eigenvalue weighted by Crippen LogP contribution is -2.22. The van der Waals surface area contributed by atoms with Crippen molar-refractivity contribution in [2.45, 2.75) is 25.5 Å². The lowest BCUT2D eigenvalue weighted by Gasteiger charge is -2.07. The van der Waals surface area contributed by atoms with Crippen molar-refractivity contribution in [1.29, 1.82) is 0 Å². The van der Waals surface area contributed by atoms with Crippen LogP contribution in [0.4, 0.5) is 0 Å². The second-order valence-electron chi connectivity index (χ2n) is 3.42. The highest BCUT2D eigenvalue weighted by atomic mass is 16.3. The summed E-state index contributed by atoms with van der Waals surface area (Å²) in [6, 6.07) is 1.67. The summed E-state index contributed by atoms with van der Waals surface area (Å²) in [4.78, 5) is 10.9. The first-order valence-electron chi connectivity index (χ1n) is 4.66. The number of nitrogens with two attached hydrogens (primary N) is 1. The normalized spacial score (nSPS) is 14.9. The van der Waals surface area contributed by atoms with Crippen LogP contribution in [0.1, 0.15) is 18.5 Å². The van der Waals surface area contributed by atoms with E-state index in [0.29, 0.717) is 5.69 Å². The van der Waals surface area contributed by atoms with E-state index in [-0.39, 0.29) is 13.2 Å². The first-order valence-corrected chi connectivity index (χ1v) is 4.66. The van der Waals surface area contributed by atoms with Crippen molar-refractivity contribution in [2.75, 3.05) is 6.61 Å². The average molecular weight is 213 g/mol. The van der Waals surface area contributed by atoms with Gasteiger partial charge in [0, 0.05) is 6.20 Å². The number of amides is 1. The molecular weight excluding hydrogens is 198 g/mol. The molecule has 15 heavy (non-hydrogen) atoms. The van der Waals surface area contributed by atoms with Crippen molar-refractivity contribution in [2.24, 2.45) is 5.73 Å². The summed E-state index contributed by atoms with van der Waals surface area (Å²) in [5, 5.41) is 21.9. The average Bonchev–Trinajstić information content (AvgIpc) is 2.64. The zero-order chi connectivity index (χ0) is 11.4.